The van der Waals surface area contributed by atoms with Crippen LogP contribution in [0.2, 0.25) is 0 Å². The smallest absolute Gasteiger partial charge is 0.137 e. The molecule has 1 aliphatic carbocycles. The van der Waals surface area contributed by atoms with Crippen molar-refractivity contribution in [2.24, 2.45) is 0 Å². The average Bonchev–Trinajstić information content (AvgIpc) is 2.76. The third kappa shape index (κ3) is 2.30. The van der Waals surface area contributed by atoms with E-state index in [-0.39, 0.29) is 0 Å². The van der Waals surface area contributed by atoms with E-state index in [4.69, 9.17) is 0 Å². The molecule has 1 aliphatic rings. The van der Waals surface area contributed by atoms with Gasteiger partial charge in [-0.3, -0.25) is 4.68 Å². The highest BCUT2D eigenvalue weighted by molar-refractivity contribution is 4.80. The van der Waals surface area contributed by atoms with Gasteiger partial charge in [-0.1, -0.05) is 0 Å². The molecule has 0 amide bonds. The highest BCUT2D eigenvalue weighted by Gasteiger charge is 2.19. The van der Waals surface area contributed by atoms with Crippen molar-refractivity contribution >= 4 is 0 Å². The van der Waals surface area contributed by atoms with Gasteiger partial charge in [0.25, 0.3) is 0 Å². The number of hydrogen-bond donors (Lipinski definition) is 1. The van der Waals surface area contributed by atoms with Gasteiger partial charge in [0.15, 0.2) is 0 Å². The van der Waals surface area contributed by atoms with Gasteiger partial charge in [0, 0.05) is 12.6 Å². The van der Waals surface area contributed by atoms with E-state index in [9.17, 15) is 0 Å². The van der Waals surface area contributed by atoms with Gasteiger partial charge in [-0.05, 0) is 25.8 Å². The van der Waals surface area contributed by atoms with Crippen molar-refractivity contribution in [2.45, 2.75) is 31.8 Å². The fraction of sp³-hybridized carbons (Fsp3) is 0.750. The standard InChI is InChI=1S/C8H14N4/c1(4-10-8-2-3-8)5-12-7-9-6-11-12/h6-8,10H,1-5H2. The Hall–Kier alpha value is -0.900. The molecule has 1 heterocycles. The summed E-state index contributed by atoms with van der Waals surface area (Å²) in [5.41, 5.74) is 0. The first-order chi connectivity index (χ1) is 5.95. The van der Waals surface area contributed by atoms with Crippen molar-refractivity contribution in [1.29, 1.82) is 0 Å². The summed E-state index contributed by atoms with van der Waals surface area (Å²) < 4.78 is 1.87. The summed E-state index contributed by atoms with van der Waals surface area (Å²) in [6.45, 7) is 2.07. The SMILES string of the molecule is c1ncn(CCCNC2CC2)n1. The molecular formula is C8H14N4. The molecule has 1 aromatic rings. The van der Waals surface area contributed by atoms with Crippen LogP contribution in [-0.4, -0.2) is 27.4 Å². The van der Waals surface area contributed by atoms with Crippen LogP contribution in [0.25, 0.3) is 0 Å². The maximum Gasteiger partial charge on any atom is 0.137 e. The van der Waals surface area contributed by atoms with Gasteiger partial charge in [-0.25, -0.2) is 4.98 Å². The Kier molecular flexibility index (Phi) is 2.36. The summed E-state index contributed by atoms with van der Waals surface area (Å²) in [7, 11) is 0. The number of aromatic nitrogens is 3. The lowest BCUT2D eigenvalue weighted by molar-refractivity contribution is 0.541. The lowest BCUT2D eigenvalue weighted by atomic mass is 10.4. The predicted octanol–water partition coefficient (Wildman–Crippen LogP) is 0.420. The lowest BCUT2D eigenvalue weighted by Crippen LogP contribution is -2.18. The minimum Gasteiger partial charge on any atom is -0.314 e. The highest BCUT2D eigenvalue weighted by atomic mass is 15.3. The van der Waals surface area contributed by atoms with Crippen molar-refractivity contribution in [1.82, 2.24) is 20.1 Å². The van der Waals surface area contributed by atoms with Crippen LogP contribution in [0.3, 0.4) is 0 Å². The fourth-order valence-electron chi connectivity index (χ4n) is 1.18. The van der Waals surface area contributed by atoms with E-state index in [1.54, 1.807) is 12.7 Å². The Morgan fingerprint density at radius 3 is 3.08 bits per heavy atom. The first kappa shape index (κ1) is 7.73. The largest absolute Gasteiger partial charge is 0.314 e. The molecule has 0 radical (unpaired) electrons. The molecule has 0 saturated heterocycles. The van der Waals surface area contributed by atoms with E-state index in [0.29, 0.717) is 0 Å². The number of hydrogen-bond acceptors (Lipinski definition) is 3. The minimum atomic E-state index is 0.820. The second kappa shape index (κ2) is 3.67. The summed E-state index contributed by atoms with van der Waals surface area (Å²) in [5.74, 6) is 0. The van der Waals surface area contributed by atoms with Crippen LogP contribution in [0, 0.1) is 0 Å². The molecule has 0 aliphatic heterocycles. The normalized spacial score (nSPS) is 16.7. The molecule has 4 heteroatoms. The van der Waals surface area contributed by atoms with Gasteiger partial charge in [0.05, 0.1) is 0 Å². The Labute approximate surface area is 72.0 Å². The molecule has 1 N–H and O–H groups in total. The second-order valence-electron chi connectivity index (χ2n) is 3.24. The Morgan fingerprint density at radius 2 is 2.42 bits per heavy atom. The molecule has 0 bridgehead atoms. The monoisotopic (exact) mass is 166 g/mol. The molecule has 66 valence electrons. The number of aryl methyl sites for hydroxylation is 1. The van der Waals surface area contributed by atoms with Crippen LogP contribution < -0.4 is 5.32 Å². The molecule has 0 aromatic carbocycles. The molecule has 0 spiro atoms. The summed E-state index contributed by atoms with van der Waals surface area (Å²) >= 11 is 0. The van der Waals surface area contributed by atoms with E-state index in [1.165, 1.54) is 12.8 Å². The van der Waals surface area contributed by atoms with Crippen LogP contribution in [-0.2, 0) is 6.54 Å². The zero-order valence-electron chi connectivity index (χ0n) is 7.11. The summed E-state index contributed by atoms with van der Waals surface area (Å²) in [6, 6.07) is 0.820. The van der Waals surface area contributed by atoms with Crippen molar-refractivity contribution in [3.8, 4) is 0 Å². The topological polar surface area (TPSA) is 42.7 Å². The van der Waals surface area contributed by atoms with Gasteiger partial charge in [-0.15, -0.1) is 0 Å². The number of nitrogens with one attached hydrogen (secondary N) is 1. The van der Waals surface area contributed by atoms with E-state index in [0.717, 1.165) is 25.6 Å². The molecule has 1 saturated carbocycles. The summed E-state index contributed by atoms with van der Waals surface area (Å²) in [4.78, 5) is 3.88. The second-order valence-corrected chi connectivity index (χ2v) is 3.24. The Bertz CT molecular complexity index is 215. The van der Waals surface area contributed by atoms with Crippen LogP contribution >= 0.6 is 0 Å². The zero-order valence-corrected chi connectivity index (χ0v) is 7.11. The Balaban J connectivity index is 1.56. The van der Waals surface area contributed by atoms with Gasteiger partial charge < -0.3 is 5.32 Å². The fourth-order valence-corrected chi connectivity index (χ4v) is 1.18. The molecule has 0 unspecified atom stereocenters. The molecule has 4 nitrogen and oxygen atoms in total. The maximum absolute atomic E-state index is 4.03. The van der Waals surface area contributed by atoms with E-state index >= 15 is 0 Å². The minimum absolute atomic E-state index is 0.820. The summed E-state index contributed by atoms with van der Waals surface area (Å²) in [5, 5.41) is 7.48. The van der Waals surface area contributed by atoms with Crippen molar-refractivity contribution in [2.75, 3.05) is 6.54 Å². The highest BCUT2D eigenvalue weighted by Crippen LogP contribution is 2.18. The molecule has 1 fully saturated rings. The van der Waals surface area contributed by atoms with Crippen molar-refractivity contribution in [3.05, 3.63) is 12.7 Å². The van der Waals surface area contributed by atoms with Crippen LogP contribution in [0.4, 0.5) is 0 Å². The summed E-state index contributed by atoms with van der Waals surface area (Å²) in [6.07, 6.45) is 7.21. The third-order valence-electron chi connectivity index (χ3n) is 2.04. The van der Waals surface area contributed by atoms with E-state index in [1.807, 2.05) is 4.68 Å². The van der Waals surface area contributed by atoms with E-state index < -0.39 is 0 Å². The average molecular weight is 166 g/mol. The first-order valence-corrected chi connectivity index (χ1v) is 4.51. The quantitative estimate of drug-likeness (QED) is 0.645. The molecular weight excluding hydrogens is 152 g/mol. The molecule has 12 heavy (non-hydrogen) atoms. The third-order valence-corrected chi connectivity index (χ3v) is 2.04. The maximum atomic E-state index is 4.03. The molecule has 1 aromatic heterocycles. The molecule has 2 rings (SSSR count). The van der Waals surface area contributed by atoms with Gasteiger partial charge in [-0.2, -0.15) is 5.10 Å². The van der Waals surface area contributed by atoms with Crippen molar-refractivity contribution in [3.63, 3.8) is 0 Å². The van der Waals surface area contributed by atoms with Crippen LogP contribution in [0.1, 0.15) is 19.3 Å². The predicted molar refractivity (Wildman–Crippen MR) is 45.7 cm³/mol. The first-order valence-electron chi connectivity index (χ1n) is 4.51. The van der Waals surface area contributed by atoms with E-state index in [2.05, 4.69) is 15.4 Å². The zero-order chi connectivity index (χ0) is 8.23. The number of nitrogens with zero attached hydrogens (tertiary/aromatic N) is 3. The van der Waals surface area contributed by atoms with Crippen molar-refractivity contribution < 1.29 is 0 Å². The number of rotatable bonds is 5. The Morgan fingerprint density at radius 1 is 1.50 bits per heavy atom. The molecule has 0 atom stereocenters. The lowest BCUT2D eigenvalue weighted by Gasteiger charge is -2.01. The van der Waals surface area contributed by atoms with Gasteiger partial charge in [0.2, 0.25) is 0 Å². The van der Waals surface area contributed by atoms with Gasteiger partial charge >= 0.3 is 0 Å². The van der Waals surface area contributed by atoms with Crippen LogP contribution in [0.15, 0.2) is 12.7 Å². The van der Waals surface area contributed by atoms with Crippen LogP contribution in [0.5, 0.6) is 0 Å². The van der Waals surface area contributed by atoms with Gasteiger partial charge in [0.1, 0.15) is 12.7 Å².